The molecule has 0 saturated heterocycles. The number of fused-ring (bicyclic) bond motifs is 3. The van der Waals surface area contributed by atoms with E-state index >= 15 is 0 Å². The standard InChI is InChI=1S/C21H27N3O3/c1-3-19-22-20(27-23-19)12-24-13-21(6-4-5-7-21)16-11-18-17(25-8-9-26-18)10-15(16)14(24)2/h10-11,14H,3-9,12-13H2,1-2H3/t14-/m0/s1. The number of hydrogen-bond donors (Lipinski definition) is 0. The lowest BCUT2D eigenvalue weighted by atomic mass is 9.71. The monoisotopic (exact) mass is 369 g/mol. The van der Waals surface area contributed by atoms with E-state index in [2.05, 4.69) is 34.1 Å². The lowest BCUT2D eigenvalue weighted by Gasteiger charge is -2.46. The van der Waals surface area contributed by atoms with Gasteiger partial charge in [0.1, 0.15) is 13.2 Å². The molecule has 1 saturated carbocycles. The van der Waals surface area contributed by atoms with Crippen molar-refractivity contribution in [2.45, 2.75) is 64.0 Å². The molecule has 0 bridgehead atoms. The maximum atomic E-state index is 5.89. The van der Waals surface area contributed by atoms with Gasteiger partial charge in [-0.3, -0.25) is 4.90 Å². The van der Waals surface area contributed by atoms with Gasteiger partial charge in [-0.25, -0.2) is 0 Å². The van der Waals surface area contributed by atoms with E-state index in [1.54, 1.807) is 0 Å². The molecule has 2 aromatic rings. The molecule has 0 radical (unpaired) electrons. The number of hydrogen-bond acceptors (Lipinski definition) is 6. The van der Waals surface area contributed by atoms with Gasteiger partial charge in [0.2, 0.25) is 5.89 Å². The first-order chi connectivity index (χ1) is 13.2. The zero-order valence-corrected chi connectivity index (χ0v) is 16.2. The van der Waals surface area contributed by atoms with Crippen LogP contribution in [0.25, 0.3) is 0 Å². The summed E-state index contributed by atoms with van der Waals surface area (Å²) in [6, 6.07) is 4.76. The van der Waals surface area contributed by atoms with Gasteiger partial charge in [-0.1, -0.05) is 24.9 Å². The minimum Gasteiger partial charge on any atom is -0.486 e. The number of rotatable bonds is 3. The molecule has 1 aromatic heterocycles. The molecule has 0 amide bonds. The predicted octanol–water partition coefficient (Wildman–Crippen LogP) is 3.79. The van der Waals surface area contributed by atoms with Gasteiger partial charge in [0.05, 0.1) is 6.54 Å². The number of benzene rings is 1. The molecule has 1 aromatic carbocycles. The third-order valence-corrected chi connectivity index (χ3v) is 6.51. The van der Waals surface area contributed by atoms with E-state index in [4.69, 9.17) is 14.0 Å². The fourth-order valence-electron chi connectivity index (χ4n) is 5.06. The van der Waals surface area contributed by atoms with E-state index in [1.807, 2.05) is 6.92 Å². The summed E-state index contributed by atoms with van der Waals surface area (Å²) in [6.45, 7) is 7.31. The molecule has 1 atom stereocenters. The average molecular weight is 369 g/mol. The van der Waals surface area contributed by atoms with Crippen molar-refractivity contribution in [1.82, 2.24) is 15.0 Å². The highest BCUT2D eigenvalue weighted by atomic mass is 16.6. The van der Waals surface area contributed by atoms with Crippen molar-refractivity contribution in [3.8, 4) is 11.5 Å². The Morgan fingerprint density at radius 2 is 1.89 bits per heavy atom. The van der Waals surface area contributed by atoms with Crippen LogP contribution >= 0.6 is 0 Å². The van der Waals surface area contributed by atoms with Gasteiger partial charge in [0, 0.05) is 24.4 Å². The third kappa shape index (κ3) is 2.81. The summed E-state index contributed by atoms with van der Waals surface area (Å²) in [5.41, 5.74) is 3.03. The van der Waals surface area contributed by atoms with Crippen LogP contribution < -0.4 is 9.47 Å². The normalized spacial score (nSPS) is 23.6. The zero-order valence-electron chi connectivity index (χ0n) is 16.2. The first-order valence-corrected chi connectivity index (χ1v) is 10.2. The van der Waals surface area contributed by atoms with Gasteiger partial charge in [0.25, 0.3) is 0 Å². The lowest BCUT2D eigenvalue weighted by Crippen LogP contribution is -2.45. The smallest absolute Gasteiger partial charge is 0.240 e. The SMILES string of the molecule is CCc1noc(CN2CC3(CCCC3)c3cc4c(cc3[C@@H]2C)OCCO4)n1. The van der Waals surface area contributed by atoms with E-state index in [0.717, 1.165) is 30.3 Å². The van der Waals surface area contributed by atoms with Crippen LogP contribution in [0.15, 0.2) is 16.7 Å². The molecule has 2 aliphatic heterocycles. The largest absolute Gasteiger partial charge is 0.486 e. The molecule has 3 aliphatic rings. The van der Waals surface area contributed by atoms with E-state index in [0.29, 0.717) is 25.6 Å². The summed E-state index contributed by atoms with van der Waals surface area (Å²) in [6.07, 6.45) is 5.84. The highest BCUT2D eigenvalue weighted by molar-refractivity contribution is 5.53. The zero-order chi connectivity index (χ0) is 18.4. The van der Waals surface area contributed by atoms with Crippen LogP contribution in [-0.2, 0) is 18.4 Å². The van der Waals surface area contributed by atoms with Crippen LogP contribution in [0.5, 0.6) is 11.5 Å². The van der Waals surface area contributed by atoms with Gasteiger partial charge in [-0.2, -0.15) is 4.98 Å². The fourth-order valence-corrected chi connectivity index (χ4v) is 5.06. The summed E-state index contributed by atoms with van der Waals surface area (Å²) in [4.78, 5) is 7.03. The topological polar surface area (TPSA) is 60.6 Å². The van der Waals surface area contributed by atoms with Crippen molar-refractivity contribution in [3.05, 3.63) is 35.0 Å². The van der Waals surface area contributed by atoms with E-state index in [1.165, 1.54) is 36.8 Å². The number of aromatic nitrogens is 2. The van der Waals surface area contributed by atoms with Crippen molar-refractivity contribution >= 4 is 0 Å². The quantitative estimate of drug-likeness (QED) is 0.820. The Labute approximate surface area is 159 Å². The van der Waals surface area contributed by atoms with Crippen LogP contribution in [0.4, 0.5) is 0 Å². The summed E-state index contributed by atoms with van der Waals surface area (Å²) >= 11 is 0. The third-order valence-electron chi connectivity index (χ3n) is 6.51. The van der Waals surface area contributed by atoms with E-state index in [9.17, 15) is 0 Å². The second kappa shape index (κ2) is 6.51. The summed E-state index contributed by atoms with van der Waals surface area (Å²) in [5, 5.41) is 4.07. The molecule has 1 aliphatic carbocycles. The Bertz CT molecular complexity index is 841. The highest BCUT2D eigenvalue weighted by Gasteiger charge is 2.45. The predicted molar refractivity (Wildman–Crippen MR) is 100 cm³/mol. The minimum absolute atomic E-state index is 0.200. The maximum absolute atomic E-state index is 5.89. The van der Waals surface area contributed by atoms with Gasteiger partial charge in [-0.05, 0) is 43.0 Å². The molecule has 1 fully saturated rings. The van der Waals surface area contributed by atoms with Gasteiger partial charge in [0.15, 0.2) is 17.3 Å². The number of ether oxygens (including phenoxy) is 2. The summed E-state index contributed by atoms with van der Waals surface area (Å²) in [7, 11) is 0. The molecule has 0 N–H and O–H groups in total. The summed E-state index contributed by atoms with van der Waals surface area (Å²) in [5.74, 6) is 3.29. The Hall–Kier alpha value is -2.08. The average Bonchev–Trinajstić information content (AvgIpc) is 3.35. The van der Waals surface area contributed by atoms with Crippen LogP contribution in [0.3, 0.4) is 0 Å². The Morgan fingerprint density at radius 1 is 1.15 bits per heavy atom. The first-order valence-electron chi connectivity index (χ1n) is 10.2. The highest BCUT2D eigenvalue weighted by Crippen LogP contribution is 2.52. The molecule has 1 spiro atoms. The second-order valence-corrected chi connectivity index (χ2v) is 8.11. The molecule has 6 heteroatoms. The van der Waals surface area contributed by atoms with Crippen molar-refractivity contribution in [2.24, 2.45) is 0 Å². The van der Waals surface area contributed by atoms with Crippen LogP contribution in [-0.4, -0.2) is 34.8 Å². The Kier molecular flexibility index (Phi) is 4.11. The van der Waals surface area contributed by atoms with Gasteiger partial charge in [-0.15, -0.1) is 0 Å². The molecule has 144 valence electrons. The number of aryl methyl sites for hydroxylation is 1. The molecule has 5 rings (SSSR count). The molecule has 3 heterocycles. The van der Waals surface area contributed by atoms with Crippen LogP contribution in [0.2, 0.25) is 0 Å². The van der Waals surface area contributed by atoms with Crippen molar-refractivity contribution in [3.63, 3.8) is 0 Å². The van der Waals surface area contributed by atoms with Crippen LogP contribution in [0.1, 0.15) is 68.4 Å². The van der Waals surface area contributed by atoms with E-state index in [-0.39, 0.29) is 11.5 Å². The van der Waals surface area contributed by atoms with E-state index < -0.39 is 0 Å². The molecular weight excluding hydrogens is 342 g/mol. The minimum atomic E-state index is 0.200. The second-order valence-electron chi connectivity index (χ2n) is 8.11. The van der Waals surface area contributed by atoms with Crippen LogP contribution in [0, 0.1) is 0 Å². The lowest BCUT2D eigenvalue weighted by molar-refractivity contribution is 0.111. The summed E-state index contributed by atoms with van der Waals surface area (Å²) < 4.78 is 17.3. The van der Waals surface area contributed by atoms with Gasteiger partial charge < -0.3 is 14.0 Å². The molecule has 0 unspecified atom stereocenters. The van der Waals surface area contributed by atoms with Crippen molar-refractivity contribution in [2.75, 3.05) is 19.8 Å². The Balaban J connectivity index is 1.53. The van der Waals surface area contributed by atoms with Crippen molar-refractivity contribution < 1.29 is 14.0 Å². The van der Waals surface area contributed by atoms with Crippen molar-refractivity contribution in [1.29, 1.82) is 0 Å². The molecule has 27 heavy (non-hydrogen) atoms. The fraction of sp³-hybridized carbons (Fsp3) is 0.619. The molecule has 6 nitrogen and oxygen atoms in total. The van der Waals surface area contributed by atoms with Gasteiger partial charge >= 0.3 is 0 Å². The number of nitrogens with zero attached hydrogens (tertiary/aromatic N) is 3. The molecular formula is C21H27N3O3. The first kappa shape index (κ1) is 17.0. The Morgan fingerprint density at radius 3 is 2.59 bits per heavy atom. The maximum Gasteiger partial charge on any atom is 0.240 e.